The molecule has 1 aliphatic rings. The SMILES string of the molecule is Cc1ncc(NCC2CC=CCC2)s1. The molecule has 76 valence electrons. The van der Waals surface area contributed by atoms with E-state index in [0.29, 0.717) is 0 Å². The van der Waals surface area contributed by atoms with Gasteiger partial charge in [-0.1, -0.05) is 12.2 Å². The average Bonchev–Trinajstić information content (AvgIpc) is 2.63. The highest BCUT2D eigenvalue weighted by Gasteiger charge is 2.09. The van der Waals surface area contributed by atoms with Crippen molar-refractivity contribution < 1.29 is 0 Å². The molecule has 0 spiro atoms. The molecule has 1 aliphatic carbocycles. The van der Waals surface area contributed by atoms with Crippen molar-refractivity contribution in [2.24, 2.45) is 5.92 Å². The zero-order valence-corrected chi connectivity index (χ0v) is 9.31. The molecule has 0 amide bonds. The summed E-state index contributed by atoms with van der Waals surface area (Å²) in [6.07, 6.45) is 10.3. The van der Waals surface area contributed by atoms with E-state index in [1.54, 1.807) is 11.3 Å². The number of hydrogen-bond acceptors (Lipinski definition) is 3. The minimum Gasteiger partial charge on any atom is -0.375 e. The van der Waals surface area contributed by atoms with Crippen LogP contribution in [0.3, 0.4) is 0 Å². The van der Waals surface area contributed by atoms with E-state index in [1.165, 1.54) is 24.3 Å². The van der Waals surface area contributed by atoms with Gasteiger partial charge in [0.1, 0.15) is 5.00 Å². The number of allylic oxidation sites excluding steroid dienone is 2. The van der Waals surface area contributed by atoms with Crippen LogP contribution in [0.15, 0.2) is 18.3 Å². The van der Waals surface area contributed by atoms with Crippen molar-refractivity contribution in [3.63, 3.8) is 0 Å². The average molecular weight is 208 g/mol. The monoisotopic (exact) mass is 208 g/mol. The second-order valence-corrected chi connectivity index (χ2v) is 5.01. The Kier molecular flexibility index (Phi) is 3.19. The first-order valence-electron chi connectivity index (χ1n) is 5.16. The van der Waals surface area contributed by atoms with Gasteiger partial charge >= 0.3 is 0 Å². The van der Waals surface area contributed by atoms with E-state index in [9.17, 15) is 0 Å². The van der Waals surface area contributed by atoms with Crippen LogP contribution in [0.25, 0.3) is 0 Å². The Labute approximate surface area is 89.1 Å². The van der Waals surface area contributed by atoms with E-state index in [2.05, 4.69) is 22.5 Å². The minimum atomic E-state index is 0.808. The minimum absolute atomic E-state index is 0.808. The summed E-state index contributed by atoms with van der Waals surface area (Å²) in [6, 6.07) is 0. The number of aryl methyl sites for hydroxylation is 1. The van der Waals surface area contributed by atoms with Crippen LogP contribution in [0.1, 0.15) is 24.3 Å². The lowest BCUT2D eigenvalue weighted by Gasteiger charge is -2.17. The van der Waals surface area contributed by atoms with Gasteiger partial charge in [0, 0.05) is 6.54 Å². The smallest absolute Gasteiger partial charge is 0.109 e. The summed E-state index contributed by atoms with van der Waals surface area (Å²) in [5, 5.41) is 5.80. The van der Waals surface area contributed by atoms with Crippen LogP contribution in [0, 0.1) is 12.8 Å². The number of thiazole rings is 1. The molecule has 0 saturated carbocycles. The van der Waals surface area contributed by atoms with Gasteiger partial charge in [-0.25, -0.2) is 4.98 Å². The molecule has 14 heavy (non-hydrogen) atoms. The third-order valence-corrected chi connectivity index (χ3v) is 3.43. The van der Waals surface area contributed by atoms with Gasteiger partial charge in [-0.2, -0.15) is 0 Å². The third-order valence-electron chi connectivity index (χ3n) is 2.56. The number of anilines is 1. The van der Waals surface area contributed by atoms with Gasteiger partial charge in [0.2, 0.25) is 0 Å². The fourth-order valence-corrected chi connectivity index (χ4v) is 2.41. The molecule has 2 nitrogen and oxygen atoms in total. The van der Waals surface area contributed by atoms with Crippen molar-refractivity contribution in [2.75, 3.05) is 11.9 Å². The molecule has 3 heteroatoms. The molecule has 0 aromatic carbocycles. The fourth-order valence-electron chi connectivity index (χ4n) is 1.73. The molecule has 0 fully saturated rings. The number of nitrogens with zero attached hydrogens (tertiary/aromatic N) is 1. The zero-order chi connectivity index (χ0) is 9.80. The lowest BCUT2D eigenvalue weighted by atomic mass is 9.94. The largest absolute Gasteiger partial charge is 0.375 e. The Hall–Kier alpha value is -0.830. The van der Waals surface area contributed by atoms with E-state index in [4.69, 9.17) is 0 Å². The predicted octanol–water partition coefficient (Wildman–Crippen LogP) is 3.22. The van der Waals surface area contributed by atoms with Gasteiger partial charge in [-0.3, -0.25) is 0 Å². The molecule has 0 radical (unpaired) electrons. The number of hydrogen-bond donors (Lipinski definition) is 1. The summed E-state index contributed by atoms with van der Waals surface area (Å²) in [6.45, 7) is 3.13. The summed E-state index contributed by atoms with van der Waals surface area (Å²) in [5.74, 6) is 0.808. The first kappa shape index (κ1) is 9.71. The van der Waals surface area contributed by atoms with Crippen LogP contribution in [0.4, 0.5) is 5.00 Å². The molecule has 0 aliphatic heterocycles. The van der Waals surface area contributed by atoms with Crippen LogP contribution in [0.5, 0.6) is 0 Å². The first-order chi connectivity index (χ1) is 6.84. The number of aromatic nitrogens is 1. The molecule has 2 rings (SSSR count). The standard InChI is InChI=1S/C11H16N2S/c1-9-12-8-11(14-9)13-7-10-5-3-2-4-6-10/h2-3,8,10,13H,4-7H2,1H3. The van der Waals surface area contributed by atoms with Gasteiger partial charge in [0.05, 0.1) is 11.2 Å². The quantitative estimate of drug-likeness (QED) is 0.771. The summed E-state index contributed by atoms with van der Waals surface area (Å²) >= 11 is 1.74. The summed E-state index contributed by atoms with van der Waals surface area (Å²) in [7, 11) is 0. The Morgan fingerprint density at radius 2 is 2.50 bits per heavy atom. The van der Waals surface area contributed by atoms with Crippen LogP contribution in [-0.2, 0) is 0 Å². The molecule has 1 N–H and O–H groups in total. The maximum absolute atomic E-state index is 4.22. The fraction of sp³-hybridized carbons (Fsp3) is 0.545. The molecule has 1 heterocycles. The van der Waals surface area contributed by atoms with Gasteiger partial charge in [-0.05, 0) is 32.1 Å². The molecular formula is C11H16N2S. The van der Waals surface area contributed by atoms with E-state index in [-0.39, 0.29) is 0 Å². The molecule has 1 unspecified atom stereocenters. The zero-order valence-electron chi connectivity index (χ0n) is 8.49. The second kappa shape index (κ2) is 4.60. The van der Waals surface area contributed by atoms with Gasteiger partial charge in [0.25, 0.3) is 0 Å². The number of nitrogens with one attached hydrogen (secondary N) is 1. The Morgan fingerprint density at radius 3 is 3.14 bits per heavy atom. The Bertz CT molecular complexity index is 317. The lowest BCUT2D eigenvalue weighted by molar-refractivity contribution is 0.504. The van der Waals surface area contributed by atoms with Crippen LogP contribution >= 0.6 is 11.3 Å². The first-order valence-corrected chi connectivity index (χ1v) is 5.97. The highest BCUT2D eigenvalue weighted by atomic mass is 32.1. The summed E-state index contributed by atoms with van der Waals surface area (Å²) < 4.78 is 0. The molecule has 1 atom stereocenters. The number of rotatable bonds is 3. The van der Waals surface area contributed by atoms with E-state index in [0.717, 1.165) is 17.5 Å². The normalized spacial score (nSPS) is 21.1. The predicted molar refractivity (Wildman–Crippen MR) is 61.8 cm³/mol. The van der Waals surface area contributed by atoms with E-state index >= 15 is 0 Å². The van der Waals surface area contributed by atoms with Crippen molar-refractivity contribution in [3.8, 4) is 0 Å². The highest BCUT2D eigenvalue weighted by molar-refractivity contribution is 7.15. The topological polar surface area (TPSA) is 24.9 Å². The Morgan fingerprint density at radius 1 is 1.57 bits per heavy atom. The van der Waals surface area contributed by atoms with Crippen molar-refractivity contribution in [1.29, 1.82) is 0 Å². The van der Waals surface area contributed by atoms with Crippen molar-refractivity contribution in [2.45, 2.75) is 26.2 Å². The lowest BCUT2D eigenvalue weighted by Crippen LogP contribution is -2.14. The summed E-state index contributed by atoms with van der Waals surface area (Å²) in [5.41, 5.74) is 0. The van der Waals surface area contributed by atoms with Crippen LogP contribution in [-0.4, -0.2) is 11.5 Å². The van der Waals surface area contributed by atoms with E-state index < -0.39 is 0 Å². The van der Waals surface area contributed by atoms with Crippen LogP contribution in [0.2, 0.25) is 0 Å². The molecular weight excluding hydrogens is 192 g/mol. The van der Waals surface area contributed by atoms with Gasteiger partial charge < -0.3 is 5.32 Å². The molecule has 0 bridgehead atoms. The second-order valence-electron chi connectivity index (χ2n) is 3.77. The van der Waals surface area contributed by atoms with E-state index in [1.807, 2.05) is 13.1 Å². The maximum atomic E-state index is 4.22. The third kappa shape index (κ3) is 2.58. The Balaban J connectivity index is 1.79. The van der Waals surface area contributed by atoms with Gasteiger partial charge in [-0.15, -0.1) is 11.3 Å². The van der Waals surface area contributed by atoms with Crippen LogP contribution < -0.4 is 5.32 Å². The van der Waals surface area contributed by atoms with Gasteiger partial charge in [0.15, 0.2) is 0 Å². The molecule has 0 saturated heterocycles. The van der Waals surface area contributed by atoms with Crippen molar-refractivity contribution >= 4 is 16.3 Å². The van der Waals surface area contributed by atoms with Crippen molar-refractivity contribution in [1.82, 2.24) is 4.98 Å². The highest BCUT2D eigenvalue weighted by Crippen LogP contribution is 2.21. The van der Waals surface area contributed by atoms with Crippen molar-refractivity contribution in [3.05, 3.63) is 23.4 Å². The summed E-state index contributed by atoms with van der Waals surface area (Å²) in [4.78, 5) is 4.22. The molecule has 1 aromatic heterocycles. The maximum Gasteiger partial charge on any atom is 0.109 e. The molecule has 1 aromatic rings.